The summed E-state index contributed by atoms with van der Waals surface area (Å²) in [4.78, 5) is 0. The minimum Gasteiger partial charge on any atom is -0.296 e. The van der Waals surface area contributed by atoms with Gasteiger partial charge in [-0.2, -0.15) is 5.26 Å². The van der Waals surface area contributed by atoms with Crippen LogP contribution in [0.15, 0.2) is 18.2 Å². The van der Waals surface area contributed by atoms with E-state index >= 15 is 0 Å². The molecule has 0 aliphatic carbocycles. The van der Waals surface area contributed by atoms with Crippen LogP contribution in [0.2, 0.25) is 10.0 Å². The lowest BCUT2D eigenvalue weighted by atomic mass is 10.1. The van der Waals surface area contributed by atoms with Gasteiger partial charge in [-0.25, -0.2) is 0 Å². The van der Waals surface area contributed by atoms with Crippen LogP contribution in [0.4, 0.5) is 0 Å². The van der Waals surface area contributed by atoms with E-state index in [2.05, 4.69) is 18.3 Å². The molecule has 1 aromatic rings. The average molecular weight is 257 g/mol. The summed E-state index contributed by atoms with van der Waals surface area (Å²) >= 11 is 12.1. The normalized spacial score (nSPS) is 14.2. The lowest BCUT2D eigenvalue weighted by Gasteiger charge is -2.18. The first-order valence-corrected chi connectivity index (χ1v) is 5.95. The second kappa shape index (κ2) is 6.10. The van der Waals surface area contributed by atoms with Crippen LogP contribution in [0, 0.1) is 11.3 Å². The standard InChI is InChI=1S/C12H14Cl2N2/c1-3-8(2)16-11(7-15)12-9(13)5-4-6-10(12)14/h4-6,8,11,16H,3H2,1-2H3. The van der Waals surface area contributed by atoms with Crippen molar-refractivity contribution < 1.29 is 0 Å². The van der Waals surface area contributed by atoms with Crippen molar-refractivity contribution in [2.45, 2.75) is 32.4 Å². The molecule has 4 heteroatoms. The molecule has 16 heavy (non-hydrogen) atoms. The average Bonchev–Trinajstić information content (AvgIpc) is 2.27. The highest BCUT2D eigenvalue weighted by Crippen LogP contribution is 2.30. The summed E-state index contributed by atoms with van der Waals surface area (Å²) < 4.78 is 0. The van der Waals surface area contributed by atoms with Crippen LogP contribution in [-0.4, -0.2) is 6.04 Å². The number of hydrogen-bond donors (Lipinski definition) is 1. The number of nitrogens with zero attached hydrogens (tertiary/aromatic N) is 1. The molecule has 86 valence electrons. The van der Waals surface area contributed by atoms with E-state index in [4.69, 9.17) is 28.5 Å². The number of rotatable bonds is 4. The third-order valence-electron chi connectivity index (χ3n) is 2.48. The van der Waals surface area contributed by atoms with Crippen molar-refractivity contribution in [1.29, 1.82) is 5.26 Å². The van der Waals surface area contributed by atoms with Crippen molar-refractivity contribution in [2.75, 3.05) is 0 Å². The molecule has 2 atom stereocenters. The molecule has 0 spiro atoms. The third-order valence-corrected chi connectivity index (χ3v) is 3.14. The fraction of sp³-hybridized carbons (Fsp3) is 0.417. The van der Waals surface area contributed by atoms with Gasteiger partial charge < -0.3 is 0 Å². The van der Waals surface area contributed by atoms with Gasteiger partial charge >= 0.3 is 0 Å². The SMILES string of the molecule is CCC(C)NC(C#N)c1c(Cl)cccc1Cl. The van der Waals surface area contributed by atoms with Gasteiger partial charge in [-0.3, -0.25) is 5.32 Å². The molecule has 2 nitrogen and oxygen atoms in total. The van der Waals surface area contributed by atoms with E-state index in [1.54, 1.807) is 18.2 Å². The second-order valence-corrected chi connectivity index (χ2v) is 4.49. The van der Waals surface area contributed by atoms with Crippen molar-refractivity contribution in [1.82, 2.24) is 5.32 Å². The molecule has 0 aliphatic heterocycles. The van der Waals surface area contributed by atoms with E-state index in [1.807, 2.05) is 6.92 Å². The van der Waals surface area contributed by atoms with Gasteiger partial charge in [-0.15, -0.1) is 0 Å². The van der Waals surface area contributed by atoms with Crippen molar-refractivity contribution in [2.24, 2.45) is 0 Å². The van der Waals surface area contributed by atoms with Crippen molar-refractivity contribution in [3.63, 3.8) is 0 Å². The fourth-order valence-corrected chi connectivity index (χ4v) is 1.99. The molecular weight excluding hydrogens is 243 g/mol. The monoisotopic (exact) mass is 256 g/mol. The summed E-state index contributed by atoms with van der Waals surface area (Å²) in [5, 5.41) is 13.4. The Hall–Kier alpha value is -0.750. The maximum absolute atomic E-state index is 9.14. The van der Waals surface area contributed by atoms with Crippen molar-refractivity contribution >= 4 is 23.2 Å². The number of nitriles is 1. The largest absolute Gasteiger partial charge is 0.296 e. The van der Waals surface area contributed by atoms with Crippen molar-refractivity contribution in [3.05, 3.63) is 33.8 Å². The second-order valence-electron chi connectivity index (χ2n) is 3.67. The third kappa shape index (κ3) is 3.12. The zero-order chi connectivity index (χ0) is 12.1. The van der Waals surface area contributed by atoms with E-state index in [9.17, 15) is 0 Å². The molecule has 1 N–H and O–H groups in total. The Morgan fingerprint density at radius 3 is 2.38 bits per heavy atom. The molecule has 0 bridgehead atoms. The molecule has 0 fully saturated rings. The highest BCUT2D eigenvalue weighted by molar-refractivity contribution is 6.36. The molecule has 1 rings (SSSR count). The molecule has 1 aromatic carbocycles. The lowest BCUT2D eigenvalue weighted by Crippen LogP contribution is -2.29. The smallest absolute Gasteiger partial charge is 0.124 e. The Morgan fingerprint density at radius 1 is 1.38 bits per heavy atom. The molecule has 0 amide bonds. The number of hydrogen-bond acceptors (Lipinski definition) is 2. The summed E-state index contributed by atoms with van der Waals surface area (Å²) in [5.41, 5.74) is 0.661. The quantitative estimate of drug-likeness (QED) is 0.886. The van der Waals surface area contributed by atoms with Crippen LogP contribution in [-0.2, 0) is 0 Å². The van der Waals surface area contributed by atoms with E-state index in [0.29, 0.717) is 15.6 Å². The Kier molecular flexibility index (Phi) is 5.08. The van der Waals surface area contributed by atoms with Gasteiger partial charge in [-0.1, -0.05) is 36.2 Å². The molecule has 0 aliphatic rings. The van der Waals surface area contributed by atoms with E-state index in [0.717, 1.165) is 6.42 Å². The van der Waals surface area contributed by atoms with Gasteiger partial charge in [0.2, 0.25) is 0 Å². The highest BCUT2D eigenvalue weighted by Gasteiger charge is 2.18. The van der Waals surface area contributed by atoms with Crippen LogP contribution >= 0.6 is 23.2 Å². The van der Waals surface area contributed by atoms with Gasteiger partial charge in [0.15, 0.2) is 0 Å². The van der Waals surface area contributed by atoms with Gasteiger partial charge in [0.25, 0.3) is 0 Å². The fourth-order valence-electron chi connectivity index (χ4n) is 1.37. The summed E-state index contributed by atoms with van der Waals surface area (Å²) in [7, 11) is 0. The van der Waals surface area contributed by atoms with Crippen molar-refractivity contribution in [3.8, 4) is 6.07 Å². The molecular formula is C12H14Cl2N2. The Labute approximate surface area is 106 Å². The van der Waals surface area contributed by atoms with E-state index in [-0.39, 0.29) is 6.04 Å². The van der Waals surface area contributed by atoms with Crippen LogP contribution in [0.1, 0.15) is 31.9 Å². The maximum atomic E-state index is 9.14. The predicted molar refractivity (Wildman–Crippen MR) is 67.7 cm³/mol. The molecule has 0 aromatic heterocycles. The highest BCUT2D eigenvalue weighted by atomic mass is 35.5. The first kappa shape index (κ1) is 13.3. The lowest BCUT2D eigenvalue weighted by molar-refractivity contribution is 0.501. The Bertz CT molecular complexity index is 378. The van der Waals surface area contributed by atoms with Crippen LogP contribution in [0.5, 0.6) is 0 Å². The Morgan fingerprint density at radius 2 is 1.94 bits per heavy atom. The minimum atomic E-state index is -0.462. The summed E-state index contributed by atoms with van der Waals surface area (Å²) in [5.74, 6) is 0. The first-order chi connectivity index (χ1) is 7.60. The summed E-state index contributed by atoms with van der Waals surface area (Å²) in [6, 6.07) is 7.22. The first-order valence-electron chi connectivity index (χ1n) is 5.19. The summed E-state index contributed by atoms with van der Waals surface area (Å²) in [6.45, 7) is 4.08. The number of halogens is 2. The molecule has 2 unspecified atom stereocenters. The summed E-state index contributed by atoms with van der Waals surface area (Å²) in [6.07, 6.45) is 0.945. The zero-order valence-corrected chi connectivity index (χ0v) is 10.8. The van der Waals surface area contributed by atoms with Gasteiger partial charge in [0.1, 0.15) is 6.04 Å². The maximum Gasteiger partial charge on any atom is 0.124 e. The van der Waals surface area contributed by atoms with Crippen LogP contribution in [0.3, 0.4) is 0 Å². The van der Waals surface area contributed by atoms with E-state index in [1.165, 1.54) is 0 Å². The topological polar surface area (TPSA) is 35.8 Å². The van der Waals surface area contributed by atoms with Crippen LogP contribution in [0.25, 0.3) is 0 Å². The van der Waals surface area contributed by atoms with E-state index < -0.39 is 6.04 Å². The zero-order valence-electron chi connectivity index (χ0n) is 9.30. The van der Waals surface area contributed by atoms with Gasteiger partial charge in [0.05, 0.1) is 6.07 Å². The van der Waals surface area contributed by atoms with Crippen LogP contribution < -0.4 is 5.32 Å². The Balaban J connectivity index is 3.00. The predicted octanol–water partition coefficient (Wildman–Crippen LogP) is 3.95. The molecule has 0 saturated carbocycles. The molecule has 0 radical (unpaired) electrons. The molecule has 0 saturated heterocycles. The number of benzene rings is 1. The number of nitrogens with one attached hydrogen (secondary N) is 1. The van der Waals surface area contributed by atoms with Gasteiger partial charge in [0, 0.05) is 21.7 Å². The molecule has 0 heterocycles. The van der Waals surface area contributed by atoms with Gasteiger partial charge in [-0.05, 0) is 25.5 Å². The minimum absolute atomic E-state index is 0.247.